The van der Waals surface area contributed by atoms with Crippen LogP contribution in [0.15, 0.2) is 35.9 Å². The minimum atomic E-state index is 0.249. The summed E-state index contributed by atoms with van der Waals surface area (Å²) in [5.41, 5.74) is 7.09. The molecule has 0 radical (unpaired) electrons. The van der Waals surface area contributed by atoms with Crippen LogP contribution in [-0.2, 0) is 0 Å². The van der Waals surface area contributed by atoms with Gasteiger partial charge in [-0.1, -0.05) is 41.5 Å². The molecule has 2 rings (SSSR count). The number of hydrazine groups is 1. The summed E-state index contributed by atoms with van der Waals surface area (Å²) in [6.07, 6.45) is 8.58. The van der Waals surface area contributed by atoms with Crippen molar-refractivity contribution >= 4 is 0 Å². The minimum absolute atomic E-state index is 0.249. The van der Waals surface area contributed by atoms with Crippen molar-refractivity contribution in [1.82, 2.24) is 5.43 Å². The van der Waals surface area contributed by atoms with Gasteiger partial charge in [-0.05, 0) is 44.6 Å². The van der Waals surface area contributed by atoms with Crippen molar-refractivity contribution in [2.75, 3.05) is 0 Å². The second-order valence-electron chi connectivity index (χ2n) is 4.95. The fourth-order valence-corrected chi connectivity index (χ4v) is 2.51. The van der Waals surface area contributed by atoms with Gasteiger partial charge < -0.3 is 0 Å². The Hall–Kier alpha value is -1.12. The van der Waals surface area contributed by atoms with Gasteiger partial charge in [0.1, 0.15) is 0 Å². The Morgan fingerprint density at radius 3 is 2.88 bits per heavy atom. The molecular weight excluding hydrogens is 208 g/mol. The largest absolute Gasteiger partial charge is 0.271 e. The number of benzene rings is 1. The number of allylic oxidation sites excluding steroid dienone is 1. The normalized spacial score (nSPS) is 17.6. The molecular formula is C15H22N2. The second kappa shape index (κ2) is 5.99. The number of nitrogens with two attached hydrogens (primary N) is 1. The molecule has 0 bridgehead atoms. The first-order valence-corrected chi connectivity index (χ1v) is 6.50. The van der Waals surface area contributed by atoms with Crippen LogP contribution in [0.5, 0.6) is 0 Å². The third kappa shape index (κ3) is 3.42. The Balaban J connectivity index is 2.08. The van der Waals surface area contributed by atoms with Crippen LogP contribution in [-0.4, -0.2) is 0 Å². The number of aryl methyl sites for hydroxylation is 1. The highest BCUT2D eigenvalue weighted by atomic mass is 15.2. The van der Waals surface area contributed by atoms with Gasteiger partial charge in [-0.25, -0.2) is 0 Å². The van der Waals surface area contributed by atoms with Crippen LogP contribution in [0.4, 0.5) is 0 Å². The van der Waals surface area contributed by atoms with Crippen LogP contribution >= 0.6 is 0 Å². The topological polar surface area (TPSA) is 38.0 Å². The lowest BCUT2D eigenvalue weighted by molar-refractivity contribution is 0.528. The maximum Gasteiger partial charge on any atom is 0.0497 e. The Morgan fingerprint density at radius 2 is 2.24 bits per heavy atom. The van der Waals surface area contributed by atoms with E-state index in [1.807, 2.05) is 0 Å². The molecule has 0 amide bonds. The summed E-state index contributed by atoms with van der Waals surface area (Å²) >= 11 is 0. The molecule has 0 spiro atoms. The molecule has 3 N–H and O–H groups in total. The molecule has 1 aromatic rings. The molecule has 1 aromatic carbocycles. The SMILES string of the molecule is Cc1cccc(C(CC2=CCCCC2)NN)c1. The van der Waals surface area contributed by atoms with E-state index in [1.54, 1.807) is 5.57 Å². The molecule has 1 atom stereocenters. The molecule has 0 saturated heterocycles. The van der Waals surface area contributed by atoms with E-state index in [4.69, 9.17) is 5.84 Å². The van der Waals surface area contributed by atoms with E-state index in [1.165, 1.54) is 36.8 Å². The lowest BCUT2D eigenvalue weighted by atomic mass is 9.91. The number of hydrogen-bond donors (Lipinski definition) is 2. The van der Waals surface area contributed by atoms with Gasteiger partial charge in [-0.3, -0.25) is 11.3 Å². The fraction of sp³-hybridized carbons (Fsp3) is 0.467. The van der Waals surface area contributed by atoms with Crippen LogP contribution in [0.2, 0.25) is 0 Å². The van der Waals surface area contributed by atoms with Gasteiger partial charge in [0.2, 0.25) is 0 Å². The van der Waals surface area contributed by atoms with E-state index in [0.717, 1.165) is 6.42 Å². The molecule has 0 heterocycles. The fourth-order valence-electron chi connectivity index (χ4n) is 2.51. The van der Waals surface area contributed by atoms with Crippen molar-refractivity contribution in [3.63, 3.8) is 0 Å². The van der Waals surface area contributed by atoms with Gasteiger partial charge in [0, 0.05) is 6.04 Å². The average Bonchev–Trinajstić information content (AvgIpc) is 2.37. The predicted octanol–water partition coefficient (Wildman–Crippen LogP) is 3.39. The second-order valence-corrected chi connectivity index (χ2v) is 4.95. The number of nitrogens with one attached hydrogen (secondary N) is 1. The monoisotopic (exact) mass is 230 g/mol. The summed E-state index contributed by atoms with van der Waals surface area (Å²) in [6.45, 7) is 2.12. The summed E-state index contributed by atoms with van der Waals surface area (Å²) in [4.78, 5) is 0. The Morgan fingerprint density at radius 1 is 1.35 bits per heavy atom. The summed E-state index contributed by atoms with van der Waals surface area (Å²) in [5.74, 6) is 5.69. The molecule has 0 saturated carbocycles. The van der Waals surface area contributed by atoms with E-state index in [0.29, 0.717) is 0 Å². The van der Waals surface area contributed by atoms with E-state index in [-0.39, 0.29) is 6.04 Å². The molecule has 0 fully saturated rings. The van der Waals surface area contributed by atoms with Crippen molar-refractivity contribution in [2.24, 2.45) is 5.84 Å². The molecule has 92 valence electrons. The van der Waals surface area contributed by atoms with Crippen molar-refractivity contribution in [3.8, 4) is 0 Å². The zero-order valence-corrected chi connectivity index (χ0v) is 10.6. The summed E-state index contributed by atoms with van der Waals surface area (Å²) < 4.78 is 0. The zero-order valence-electron chi connectivity index (χ0n) is 10.6. The smallest absolute Gasteiger partial charge is 0.0497 e. The summed E-state index contributed by atoms with van der Waals surface area (Å²) in [7, 11) is 0. The van der Waals surface area contributed by atoms with Crippen molar-refractivity contribution < 1.29 is 0 Å². The highest BCUT2D eigenvalue weighted by Gasteiger charge is 2.13. The molecule has 17 heavy (non-hydrogen) atoms. The molecule has 1 aliphatic carbocycles. The highest BCUT2D eigenvalue weighted by Crippen LogP contribution is 2.27. The van der Waals surface area contributed by atoms with Crippen LogP contribution < -0.4 is 11.3 Å². The van der Waals surface area contributed by atoms with Crippen LogP contribution in [0.25, 0.3) is 0 Å². The maximum atomic E-state index is 5.69. The third-order valence-corrected chi connectivity index (χ3v) is 3.50. The van der Waals surface area contributed by atoms with Gasteiger partial charge in [-0.15, -0.1) is 0 Å². The van der Waals surface area contributed by atoms with E-state index in [2.05, 4.69) is 42.7 Å². The molecule has 2 nitrogen and oxygen atoms in total. The van der Waals surface area contributed by atoms with Gasteiger partial charge in [0.25, 0.3) is 0 Å². The van der Waals surface area contributed by atoms with Gasteiger partial charge in [0.05, 0.1) is 0 Å². The van der Waals surface area contributed by atoms with Gasteiger partial charge in [-0.2, -0.15) is 0 Å². The minimum Gasteiger partial charge on any atom is -0.271 e. The van der Waals surface area contributed by atoms with Crippen LogP contribution in [0.1, 0.15) is 49.3 Å². The zero-order chi connectivity index (χ0) is 12.1. The van der Waals surface area contributed by atoms with Crippen molar-refractivity contribution in [1.29, 1.82) is 0 Å². The molecule has 0 aromatic heterocycles. The summed E-state index contributed by atoms with van der Waals surface area (Å²) in [6, 6.07) is 8.84. The molecule has 1 aliphatic rings. The lowest BCUT2D eigenvalue weighted by Crippen LogP contribution is -2.28. The summed E-state index contributed by atoms with van der Waals surface area (Å²) in [5, 5.41) is 0. The van der Waals surface area contributed by atoms with Crippen LogP contribution in [0.3, 0.4) is 0 Å². The Bertz CT molecular complexity index is 396. The maximum absolute atomic E-state index is 5.69. The number of rotatable bonds is 4. The number of hydrogen-bond acceptors (Lipinski definition) is 2. The first-order valence-electron chi connectivity index (χ1n) is 6.50. The van der Waals surface area contributed by atoms with E-state index < -0.39 is 0 Å². The third-order valence-electron chi connectivity index (χ3n) is 3.50. The lowest BCUT2D eigenvalue weighted by Gasteiger charge is -2.20. The van der Waals surface area contributed by atoms with Crippen molar-refractivity contribution in [2.45, 2.75) is 45.1 Å². The van der Waals surface area contributed by atoms with Gasteiger partial charge in [0.15, 0.2) is 0 Å². The van der Waals surface area contributed by atoms with E-state index in [9.17, 15) is 0 Å². The van der Waals surface area contributed by atoms with Crippen LogP contribution in [0, 0.1) is 6.92 Å². The Kier molecular flexibility index (Phi) is 4.35. The standard InChI is InChI=1S/C15H22N2/c1-12-6-5-9-14(10-12)15(17-16)11-13-7-3-2-4-8-13/h5-7,9-10,15,17H,2-4,8,11,16H2,1H3. The highest BCUT2D eigenvalue weighted by molar-refractivity contribution is 5.26. The first-order chi connectivity index (χ1) is 8.29. The predicted molar refractivity (Wildman–Crippen MR) is 72.4 cm³/mol. The first kappa shape index (κ1) is 12.3. The van der Waals surface area contributed by atoms with Crippen molar-refractivity contribution in [3.05, 3.63) is 47.0 Å². The Labute approximate surface area is 104 Å². The molecule has 0 aliphatic heterocycles. The van der Waals surface area contributed by atoms with Gasteiger partial charge >= 0.3 is 0 Å². The molecule has 1 unspecified atom stereocenters. The van der Waals surface area contributed by atoms with E-state index >= 15 is 0 Å². The average molecular weight is 230 g/mol. The molecule has 2 heteroatoms. The quantitative estimate of drug-likeness (QED) is 0.473.